The van der Waals surface area contributed by atoms with Gasteiger partial charge in [0.1, 0.15) is 5.82 Å². The zero-order valence-electron chi connectivity index (χ0n) is 12.5. The summed E-state index contributed by atoms with van der Waals surface area (Å²) in [5, 5.41) is 0. The smallest absolute Gasteiger partial charge is 0.164 e. The highest BCUT2D eigenvalue weighted by Gasteiger charge is 2.30. The van der Waals surface area contributed by atoms with Crippen LogP contribution in [0.25, 0.3) is 0 Å². The molecule has 2 atom stereocenters. The molecular formula is C16H23FN2O. The van der Waals surface area contributed by atoms with Gasteiger partial charge in [0, 0.05) is 37.7 Å². The minimum absolute atomic E-state index is 0.0888. The highest BCUT2D eigenvalue weighted by Crippen LogP contribution is 2.20. The molecule has 1 aliphatic rings. The van der Waals surface area contributed by atoms with Gasteiger partial charge in [-0.05, 0) is 44.3 Å². The van der Waals surface area contributed by atoms with Gasteiger partial charge in [-0.2, -0.15) is 0 Å². The molecule has 20 heavy (non-hydrogen) atoms. The molecule has 1 aromatic carbocycles. The van der Waals surface area contributed by atoms with Crippen molar-refractivity contribution in [2.75, 3.05) is 33.7 Å². The summed E-state index contributed by atoms with van der Waals surface area (Å²) in [5.41, 5.74) is 0.600. The number of hydrogen-bond donors (Lipinski definition) is 0. The molecule has 1 heterocycles. The van der Waals surface area contributed by atoms with Crippen LogP contribution < -0.4 is 0 Å². The standard InChI is InChI=1S/C16H23FN2O/c1-12-10-19(11-15(12)18(2)3)9-8-16(20)13-4-6-14(17)7-5-13/h4-7,12,15H,8-11H2,1-3H3. The lowest BCUT2D eigenvalue weighted by Gasteiger charge is -2.22. The fourth-order valence-corrected chi connectivity index (χ4v) is 2.94. The fraction of sp³-hybridized carbons (Fsp3) is 0.562. The Labute approximate surface area is 120 Å². The van der Waals surface area contributed by atoms with Crippen molar-refractivity contribution in [2.24, 2.45) is 5.92 Å². The van der Waals surface area contributed by atoms with E-state index in [2.05, 4.69) is 30.8 Å². The molecule has 0 saturated carbocycles. The Morgan fingerprint density at radius 3 is 2.50 bits per heavy atom. The van der Waals surface area contributed by atoms with Crippen molar-refractivity contribution in [1.29, 1.82) is 0 Å². The Hall–Kier alpha value is -1.26. The molecule has 3 nitrogen and oxygen atoms in total. The van der Waals surface area contributed by atoms with Crippen LogP contribution >= 0.6 is 0 Å². The highest BCUT2D eigenvalue weighted by molar-refractivity contribution is 5.96. The minimum atomic E-state index is -0.302. The number of carbonyl (C=O) groups excluding carboxylic acids is 1. The van der Waals surface area contributed by atoms with Gasteiger partial charge in [0.25, 0.3) is 0 Å². The molecule has 4 heteroatoms. The van der Waals surface area contributed by atoms with Gasteiger partial charge < -0.3 is 9.80 Å². The Balaban J connectivity index is 1.84. The van der Waals surface area contributed by atoms with Gasteiger partial charge in [0.2, 0.25) is 0 Å². The van der Waals surface area contributed by atoms with Gasteiger partial charge in [0.15, 0.2) is 5.78 Å². The Morgan fingerprint density at radius 1 is 1.30 bits per heavy atom. The maximum Gasteiger partial charge on any atom is 0.164 e. The van der Waals surface area contributed by atoms with Gasteiger partial charge >= 0.3 is 0 Å². The summed E-state index contributed by atoms with van der Waals surface area (Å²) in [6, 6.07) is 6.37. The number of halogens is 1. The second-order valence-electron chi connectivity index (χ2n) is 5.95. The van der Waals surface area contributed by atoms with Gasteiger partial charge in [0.05, 0.1) is 0 Å². The predicted octanol–water partition coefficient (Wildman–Crippen LogP) is 2.28. The molecule has 0 amide bonds. The van der Waals surface area contributed by atoms with E-state index in [1.165, 1.54) is 12.1 Å². The number of benzene rings is 1. The molecule has 1 saturated heterocycles. The van der Waals surface area contributed by atoms with Gasteiger partial charge in [-0.1, -0.05) is 6.92 Å². The van der Waals surface area contributed by atoms with Crippen molar-refractivity contribution < 1.29 is 9.18 Å². The summed E-state index contributed by atoms with van der Waals surface area (Å²) in [7, 11) is 4.21. The Kier molecular flexibility index (Phi) is 4.89. The number of nitrogens with zero attached hydrogens (tertiary/aromatic N) is 2. The van der Waals surface area contributed by atoms with Crippen molar-refractivity contribution in [2.45, 2.75) is 19.4 Å². The molecule has 0 aliphatic carbocycles. The Morgan fingerprint density at radius 2 is 1.95 bits per heavy atom. The molecule has 2 rings (SSSR count). The highest BCUT2D eigenvalue weighted by atomic mass is 19.1. The minimum Gasteiger partial charge on any atom is -0.305 e. The van der Waals surface area contributed by atoms with E-state index in [9.17, 15) is 9.18 Å². The largest absolute Gasteiger partial charge is 0.305 e. The SMILES string of the molecule is CC1CN(CCC(=O)c2ccc(F)cc2)CC1N(C)C. The third-order valence-electron chi connectivity index (χ3n) is 4.13. The maximum atomic E-state index is 12.8. The van der Waals surface area contributed by atoms with E-state index in [1.54, 1.807) is 12.1 Å². The van der Waals surface area contributed by atoms with E-state index >= 15 is 0 Å². The van der Waals surface area contributed by atoms with Crippen LogP contribution in [0.2, 0.25) is 0 Å². The summed E-state index contributed by atoms with van der Waals surface area (Å²) in [5.74, 6) is 0.417. The van der Waals surface area contributed by atoms with Crippen molar-refractivity contribution in [3.8, 4) is 0 Å². The average molecular weight is 278 g/mol. The number of rotatable bonds is 5. The number of Topliss-reactive ketones (excluding diaryl/α,β-unsaturated/α-hetero) is 1. The summed E-state index contributed by atoms with van der Waals surface area (Å²) >= 11 is 0. The summed E-state index contributed by atoms with van der Waals surface area (Å²) in [4.78, 5) is 16.7. The lowest BCUT2D eigenvalue weighted by atomic mass is 10.1. The number of likely N-dealkylation sites (N-methyl/N-ethyl adjacent to an activating group) is 1. The lowest BCUT2D eigenvalue weighted by molar-refractivity contribution is 0.0967. The van der Waals surface area contributed by atoms with Crippen LogP contribution in [0.15, 0.2) is 24.3 Å². The number of likely N-dealkylation sites (tertiary alicyclic amines) is 1. The van der Waals surface area contributed by atoms with Crippen LogP contribution in [0.1, 0.15) is 23.7 Å². The van der Waals surface area contributed by atoms with Crippen molar-refractivity contribution in [1.82, 2.24) is 9.80 Å². The number of carbonyl (C=O) groups is 1. The summed E-state index contributed by atoms with van der Waals surface area (Å²) < 4.78 is 12.8. The predicted molar refractivity (Wildman–Crippen MR) is 78.4 cm³/mol. The average Bonchev–Trinajstić information content (AvgIpc) is 2.78. The first-order valence-electron chi connectivity index (χ1n) is 7.15. The summed E-state index contributed by atoms with van der Waals surface area (Å²) in [6.45, 7) is 5.10. The topological polar surface area (TPSA) is 23.6 Å². The van der Waals surface area contributed by atoms with Crippen LogP contribution in [0.4, 0.5) is 4.39 Å². The quantitative estimate of drug-likeness (QED) is 0.772. The van der Waals surface area contributed by atoms with Crippen molar-refractivity contribution in [3.63, 3.8) is 0 Å². The van der Waals surface area contributed by atoms with Crippen molar-refractivity contribution in [3.05, 3.63) is 35.6 Å². The fourth-order valence-electron chi connectivity index (χ4n) is 2.94. The molecular weight excluding hydrogens is 255 g/mol. The number of hydrogen-bond acceptors (Lipinski definition) is 3. The molecule has 0 bridgehead atoms. The van der Waals surface area contributed by atoms with E-state index in [1.807, 2.05) is 0 Å². The first-order valence-corrected chi connectivity index (χ1v) is 7.15. The first-order chi connectivity index (χ1) is 9.47. The zero-order chi connectivity index (χ0) is 14.7. The monoisotopic (exact) mass is 278 g/mol. The zero-order valence-corrected chi connectivity index (χ0v) is 12.5. The van der Waals surface area contributed by atoms with E-state index in [0.717, 1.165) is 19.6 Å². The van der Waals surface area contributed by atoms with E-state index in [4.69, 9.17) is 0 Å². The second kappa shape index (κ2) is 6.46. The van der Waals surface area contributed by atoms with E-state index in [0.29, 0.717) is 23.9 Å². The second-order valence-corrected chi connectivity index (χ2v) is 5.95. The summed E-state index contributed by atoms with van der Waals surface area (Å²) in [6.07, 6.45) is 0.499. The van der Waals surface area contributed by atoms with Crippen LogP contribution in [0.5, 0.6) is 0 Å². The lowest BCUT2D eigenvalue weighted by Crippen LogP contribution is -2.34. The molecule has 0 N–H and O–H groups in total. The van der Waals surface area contributed by atoms with Crippen LogP contribution in [-0.4, -0.2) is 55.4 Å². The van der Waals surface area contributed by atoms with Crippen LogP contribution in [-0.2, 0) is 0 Å². The first kappa shape index (κ1) is 15.1. The molecule has 1 fully saturated rings. The van der Waals surface area contributed by atoms with E-state index in [-0.39, 0.29) is 11.6 Å². The maximum absolute atomic E-state index is 12.8. The third-order valence-corrected chi connectivity index (χ3v) is 4.13. The number of ketones is 1. The Bertz CT molecular complexity index is 458. The molecule has 2 unspecified atom stereocenters. The van der Waals surface area contributed by atoms with Gasteiger partial charge in [-0.25, -0.2) is 4.39 Å². The molecule has 110 valence electrons. The normalized spacial score (nSPS) is 23.4. The molecule has 0 radical (unpaired) electrons. The molecule has 1 aliphatic heterocycles. The third kappa shape index (κ3) is 3.64. The molecule has 0 spiro atoms. The van der Waals surface area contributed by atoms with Crippen LogP contribution in [0, 0.1) is 11.7 Å². The van der Waals surface area contributed by atoms with Gasteiger partial charge in [-0.15, -0.1) is 0 Å². The molecule has 0 aromatic heterocycles. The van der Waals surface area contributed by atoms with Gasteiger partial charge in [-0.3, -0.25) is 4.79 Å². The van der Waals surface area contributed by atoms with Crippen LogP contribution in [0.3, 0.4) is 0 Å². The van der Waals surface area contributed by atoms with Crippen molar-refractivity contribution >= 4 is 5.78 Å². The van der Waals surface area contributed by atoms with E-state index < -0.39 is 0 Å². The molecule has 1 aromatic rings.